The highest BCUT2D eigenvalue weighted by molar-refractivity contribution is 7.89. The standard InChI is InChI=1S/C14H21N3O2S/c1-14-8-17(6-12(14)10-3-4-11(14)5-10)20(18,19)13-7-16(2)9-15-13/h7,9-12H,3-6,8H2,1-2H3/t10-,11+,12?,14-/m1/s1. The van der Waals surface area contributed by atoms with E-state index in [1.165, 1.54) is 19.3 Å². The molecule has 1 aromatic rings. The van der Waals surface area contributed by atoms with Crippen LogP contribution in [0.4, 0.5) is 0 Å². The summed E-state index contributed by atoms with van der Waals surface area (Å²) in [4.78, 5) is 4.04. The number of fused-ring (bicyclic) bond motifs is 5. The van der Waals surface area contributed by atoms with Gasteiger partial charge >= 0.3 is 0 Å². The lowest BCUT2D eigenvalue weighted by molar-refractivity contribution is 0.154. The Bertz CT molecular complexity index is 653. The summed E-state index contributed by atoms with van der Waals surface area (Å²) in [6, 6.07) is 0. The summed E-state index contributed by atoms with van der Waals surface area (Å²) in [5.41, 5.74) is 0.199. The minimum atomic E-state index is -3.42. The van der Waals surface area contributed by atoms with Gasteiger partial charge in [0, 0.05) is 26.3 Å². The molecule has 0 spiro atoms. The third kappa shape index (κ3) is 1.52. The third-order valence-electron chi connectivity index (χ3n) is 6.02. The van der Waals surface area contributed by atoms with E-state index in [0.29, 0.717) is 19.0 Å². The van der Waals surface area contributed by atoms with E-state index in [0.717, 1.165) is 11.8 Å². The van der Waals surface area contributed by atoms with Crippen LogP contribution in [0, 0.1) is 23.2 Å². The van der Waals surface area contributed by atoms with Crippen LogP contribution in [0.1, 0.15) is 26.2 Å². The molecule has 20 heavy (non-hydrogen) atoms. The Morgan fingerprint density at radius 2 is 2.20 bits per heavy atom. The number of aryl methyl sites for hydroxylation is 1. The molecule has 3 aliphatic rings. The maximum atomic E-state index is 12.7. The van der Waals surface area contributed by atoms with Crippen molar-refractivity contribution >= 4 is 10.0 Å². The number of nitrogens with zero attached hydrogens (tertiary/aromatic N) is 3. The van der Waals surface area contributed by atoms with Crippen molar-refractivity contribution < 1.29 is 8.42 Å². The van der Waals surface area contributed by atoms with Gasteiger partial charge in [0.15, 0.2) is 5.03 Å². The summed E-state index contributed by atoms with van der Waals surface area (Å²) in [5.74, 6) is 2.02. The van der Waals surface area contributed by atoms with Gasteiger partial charge in [-0.1, -0.05) is 6.92 Å². The number of rotatable bonds is 2. The van der Waals surface area contributed by atoms with Crippen LogP contribution in [0.25, 0.3) is 0 Å². The molecule has 4 atom stereocenters. The van der Waals surface area contributed by atoms with Crippen LogP contribution >= 0.6 is 0 Å². The second-order valence-electron chi connectivity index (χ2n) is 7.06. The van der Waals surface area contributed by atoms with Crippen LogP contribution < -0.4 is 0 Å². The molecule has 1 saturated heterocycles. The average molecular weight is 295 g/mol. The molecular formula is C14H21N3O2S. The van der Waals surface area contributed by atoms with E-state index in [1.54, 1.807) is 28.4 Å². The van der Waals surface area contributed by atoms with Crippen LogP contribution in [0.3, 0.4) is 0 Å². The molecule has 1 aromatic heterocycles. The highest BCUT2D eigenvalue weighted by atomic mass is 32.2. The Morgan fingerprint density at radius 3 is 2.85 bits per heavy atom. The fourth-order valence-electron chi connectivity index (χ4n) is 4.93. The molecular weight excluding hydrogens is 274 g/mol. The molecule has 1 unspecified atom stereocenters. The van der Waals surface area contributed by atoms with Crippen molar-refractivity contribution in [2.75, 3.05) is 13.1 Å². The number of imidazole rings is 1. The monoisotopic (exact) mass is 295 g/mol. The van der Waals surface area contributed by atoms with E-state index in [9.17, 15) is 8.42 Å². The maximum Gasteiger partial charge on any atom is 0.262 e. The number of sulfonamides is 1. The first kappa shape index (κ1) is 12.8. The lowest BCUT2D eigenvalue weighted by atomic mass is 9.70. The lowest BCUT2D eigenvalue weighted by Gasteiger charge is -2.34. The van der Waals surface area contributed by atoms with Gasteiger partial charge in [0.05, 0.1) is 6.33 Å². The first-order chi connectivity index (χ1) is 9.41. The predicted molar refractivity (Wildman–Crippen MR) is 74.4 cm³/mol. The SMILES string of the molecule is Cn1cnc(S(=O)(=O)N2CC3[C@@H]4CC[C@@H](C4)[C@@]3(C)C2)c1. The Balaban J connectivity index is 1.66. The van der Waals surface area contributed by atoms with Crippen molar-refractivity contribution in [2.24, 2.45) is 30.2 Å². The Hall–Kier alpha value is -0.880. The first-order valence-corrected chi connectivity index (χ1v) is 8.83. The highest BCUT2D eigenvalue weighted by Gasteiger charge is 2.60. The summed E-state index contributed by atoms with van der Waals surface area (Å²) in [6.07, 6.45) is 7.05. The molecule has 0 amide bonds. The molecule has 1 aliphatic heterocycles. The summed E-state index contributed by atoms with van der Waals surface area (Å²) in [6.45, 7) is 3.67. The Morgan fingerprint density at radius 1 is 1.40 bits per heavy atom. The molecule has 0 aromatic carbocycles. The summed E-state index contributed by atoms with van der Waals surface area (Å²) < 4.78 is 28.8. The normalized spacial score (nSPS) is 40.4. The molecule has 2 saturated carbocycles. The van der Waals surface area contributed by atoms with E-state index in [2.05, 4.69) is 11.9 Å². The zero-order valence-electron chi connectivity index (χ0n) is 12.0. The summed E-state index contributed by atoms with van der Waals surface area (Å²) in [7, 11) is -1.62. The van der Waals surface area contributed by atoms with Crippen LogP contribution in [0.5, 0.6) is 0 Å². The molecule has 2 heterocycles. The van der Waals surface area contributed by atoms with Crippen molar-refractivity contribution in [3.8, 4) is 0 Å². The third-order valence-corrected chi connectivity index (χ3v) is 7.72. The van der Waals surface area contributed by atoms with Gasteiger partial charge in [0.2, 0.25) is 0 Å². The molecule has 0 N–H and O–H groups in total. The lowest BCUT2D eigenvalue weighted by Crippen LogP contribution is -2.34. The topological polar surface area (TPSA) is 55.2 Å². The quantitative estimate of drug-likeness (QED) is 0.830. The van der Waals surface area contributed by atoms with E-state index < -0.39 is 10.0 Å². The van der Waals surface area contributed by atoms with E-state index in [1.807, 2.05) is 0 Å². The largest absolute Gasteiger partial charge is 0.339 e. The zero-order chi connectivity index (χ0) is 14.1. The van der Waals surface area contributed by atoms with Gasteiger partial charge < -0.3 is 4.57 Å². The van der Waals surface area contributed by atoms with Gasteiger partial charge in [0.25, 0.3) is 10.0 Å². The molecule has 4 rings (SSSR count). The Kier molecular flexibility index (Phi) is 2.47. The van der Waals surface area contributed by atoms with Gasteiger partial charge in [0.1, 0.15) is 0 Å². The van der Waals surface area contributed by atoms with Crippen molar-refractivity contribution in [1.29, 1.82) is 0 Å². The van der Waals surface area contributed by atoms with E-state index in [4.69, 9.17) is 0 Å². The Labute approximate surface area is 120 Å². The van der Waals surface area contributed by atoms with Crippen molar-refractivity contribution in [3.05, 3.63) is 12.5 Å². The predicted octanol–water partition coefficient (Wildman–Crippen LogP) is 1.48. The minimum absolute atomic E-state index is 0.191. The maximum absolute atomic E-state index is 12.7. The van der Waals surface area contributed by atoms with Crippen LogP contribution in [-0.2, 0) is 17.1 Å². The molecule has 0 radical (unpaired) electrons. The minimum Gasteiger partial charge on any atom is -0.339 e. The molecule has 2 aliphatic carbocycles. The number of aromatic nitrogens is 2. The van der Waals surface area contributed by atoms with Gasteiger partial charge in [-0.25, -0.2) is 13.4 Å². The number of hydrogen-bond acceptors (Lipinski definition) is 3. The molecule has 2 bridgehead atoms. The average Bonchev–Trinajstić information content (AvgIpc) is 3.07. The molecule has 6 heteroatoms. The van der Waals surface area contributed by atoms with E-state index in [-0.39, 0.29) is 10.4 Å². The smallest absolute Gasteiger partial charge is 0.262 e. The van der Waals surface area contributed by atoms with Gasteiger partial charge in [-0.2, -0.15) is 4.31 Å². The molecule has 3 fully saturated rings. The van der Waals surface area contributed by atoms with Crippen LogP contribution in [0.2, 0.25) is 0 Å². The van der Waals surface area contributed by atoms with Gasteiger partial charge in [-0.15, -0.1) is 0 Å². The fraction of sp³-hybridized carbons (Fsp3) is 0.786. The van der Waals surface area contributed by atoms with Crippen LogP contribution in [0.15, 0.2) is 17.6 Å². The highest BCUT2D eigenvalue weighted by Crippen LogP contribution is 2.62. The van der Waals surface area contributed by atoms with Gasteiger partial charge in [-0.05, 0) is 42.4 Å². The molecule has 5 nitrogen and oxygen atoms in total. The zero-order valence-corrected chi connectivity index (χ0v) is 12.8. The first-order valence-electron chi connectivity index (χ1n) is 7.39. The summed E-state index contributed by atoms with van der Waals surface area (Å²) in [5, 5.41) is 0.191. The second kappa shape index (κ2) is 3.85. The second-order valence-corrected chi connectivity index (χ2v) is 8.94. The number of hydrogen-bond donors (Lipinski definition) is 0. The van der Waals surface area contributed by atoms with Crippen molar-refractivity contribution in [3.63, 3.8) is 0 Å². The van der Waals surface area contributed by atoms with Gasteiger partial charge in [-0.3, -0.25) is 0 Å². The molecule has 110 valence electrons. The summed E-state index contributed by atoms with van der Waals surface area (Å²) >= 11 is 0. The fourth-order valence-corrected chi connectivity index (χ4v) is 6.48. The van der Waals surface area contributed by atoms with Crippen molar-refractivity contribution in [2.45, 2.75) is 31.2 Å². The van der Waals surface area contributed by atoms with Crippen molar-refractivity contribution in [1.82, 2.24) is 13.9 Å². The van der Waals surface area contributed by atoms with Crippen LogP contribution in [-0.4, -0.2) is 35.4 Å². The van der Waals surface area contributed by atoms with E-state index >= 15 is 0 Å².